The highest BCUT2D eigenvalue weighted by Crippen LogP contribution is 2.23. The fourth-order valence-corrected chi connectivity index (χ4v) is 2.69. The van der Waals surface area contributed by atoms with E-state index in [1.165, 1.54) is 19.3 Å². The van der Waals surface area contributed by atoms with Gasteiger partial charge in [0, 0.05) is 18.7 Å². The lowest BCUT2D eigenvalue weighted by Crippen LogP contribution is -2.38. The molecule has 1 saturated carbocycles. The molecule has 98 valence electrons. The van der Waals surface area contributed by atoms with Crippen molar-refractivity contribution in [2.24, 2.45) is 0 Å². The van der Waals surface area contributed by atoms with E-state index in [-0.39, 0.29) is 16.9 Å². The highest BCUT2D eigenvalue weighted by atomic mass is 35.5. The monoisotopic (exact) mass is 267 g/mol. The maximum Gasteiger partial charge on any atom is 0.254 e. The molecule has 2 rings (SSSR count). The second-order valence-corrected chi connectivity index (χ2v) is 5.20. The predicted octanol–water partition coefficient (Wildman–Crippen LogP) is 2.72. The van der Waals surface area contributed by atoms with E-state index in [9.17, 15) is 4.79 Å². The molecule has 0 unspecified atom stereocenters. The predicted molar refractivity (Wildman–Crippen MR) is 72.6 cm³/mol. The van der Waals surface area contributed by atoms with Crippen molar-refractivity contribution in [1.82, 2.24) is 9.88 Å². The van der Waals surface area contributed by atoms with Crippen molar-refractivity contribution < 1.29 is 4.79 Å². The maximum absolute atomic E-state index is 12.3. The summed E-state index contributed by atoms with van der Waals surface area (Å²) in [6.07, 6.45) is 5.82. The number of anilines is 1. The van der Waals surface area contributed by atoms with E-state index in [0.717, 1.165) is 12.8 Å². The standard InChI is InChI=1S/C13H18ClN3O/c1-17(10-5-3-2-4-6-10)13(18)9-7-11(14)16-12(15)8-9/h7-8,10H,2-6H2,1H3,(H2,15,16). The zero-order valence-corrected chi connectivity index (χ0v) is 11.3. The topological polar surface area (TPSA) is 59.2 Å². The molecule has 4 nitrogen and oxygen atoms in total. The summed E-state index contributed by atoms with van der Waals surface area (Å²) in [5.41, 5.74) is 6.12. The Hall–Kier alpha value is -1.29. The first-order chi connectivity index (χ1) is 8.58. The minimum absolute atomic E-state index is 0.0297. The molecule has 1 aliphatic carbocycles. The lowest BCUT2D eigenvalue weighted by Gasteiger charge is -2.31. The number of nitrogen functional groups attached to an aromatic ring is 1. The first-order valence-corrected chi connectivity index (χ1v) is 6.66. The zero-order valence-electron chi connectivity index (χ0n) is 10.5. The Kier molecular flexibility index (Phi) is 4.07. The number of rotatable bonds is 2. The molecule has 0 bridgehead atoms. The average Bonchev–Trinajstić information content (AvgIpc) is 2.37. The van der Waals surface area contributed by atoms with E-state index in [1.54, 1.807) is 12.1 Å². The van der Waals surface area contributed by atoms with Gasteiger partial charge in [0.1, 0.15) is 11.0 Å². The minimum Gasteiger partial charge on any atom is -0.384 e. The second-order valence-electron chi connectivity index (χ2n) is 4.81. The Morgan fingerprint density at radius 3 is 2.67 bits per heavy atom. The summed E-state index contributed by atoms with van der Waals surface area (Å²) in [5.74, 6) is 0.251. The van der Waals surface area contributed by atoms with E-state index >= 15 is 0 Å². The van der Waals surface area contributed by atoms with Crippen LogP contribution in [0.4, 0.5) is 5.82 Å². The Balaban J connectivity index is 2.14. The molecule has 1 fully saturated rings. The van der Waals surface area contributed by atoms with Gasteiger partial charge in [-0.2, -0.15) is 0 Å². The van der Waals surface area contributed by atoms with E-state index in [4.69, 9.17) is 17.3 Å². The van der Waals surface area contributed by atoms with E-state index in [1.807, 2.05) is 11.9 Å². The van der Waals surface area contributed by atoms with E-state index in [2.05, 4.69) is 4.98 Å². The van der Waals surface area contributed by atoms with Crippen LogP contribution >= 0.6 is 11.6 Å². The van der Waals surface area contributed by atoms with Gasteiger partial charge >= 0.3 is 0 Å². The first kappa shape index (κ1) is 13.1. The number of carbonyl (C=O) groups is 1. The van der Waals surface area contributed by atoms with Crippen LogP contribution in [0.25, 0.3) is 0 Å². The summed E-state index contributed by atoms with van der Waals surface area (Å²) in [6.45, 7) is 0. The molecule has 18 heavy (non-hydrogen) atoms. The number of halogens is 1. The van der Waals surface area contributed by atoms with Gasteiger partial charge in [0.15, 0.2) is 0 Å². The average molecular weight is 268 g/mol. The number of carbonyl (C=O) groups excluding carboxylic acids is 1. The Bertz CT molecular complexity index is 424. The van der Waals surface area contributed by atoms with Gasteiger partial charge in [0.25, 0.3) is 5.91 Å². The summed E-state index contributed by atoms with van der Waals surface area (Å²) < 4.78 is 0. The van der Waals surface area contributed by atoms with Gasteiger partial charge in [0.05, 0.1) is 0 Å². The summed E-state index contributed by atoms with van der Waals surface area (Å²) in [4.78, 5) is 18.0. The molecule has 0 aromatic carbocycles. The smallest absolute Gasteiger partial charge is 0.254 e. The normalized spacial score (nSPS) is 16.6. The van der Waals surface area contributed by atoms with Crippen molar-refractivity contribution in [1.29, 1.82) is 0 Å². The quantitative estimate of drug-likeness (QED) is 0.838. The van der Waals surface area contributed by atoms with Gasteiger partial charge < -0.3 is 10.6 Å². The van der Waals surface area contributed by atoms with Crippen LogP contribution in [-0.4, -0.2) is 28.9 Å². The van der Waals surface area contributed by atoms with Crippen molar-refractivity contribution in [3.63, 3.8) is 0 Å². The SMILES string of the molecule is CN(C(=O)c1cc(N)nc(Cl)c1)C1CCCCC1. The van der Waals surface area contributed by atoms with Crippen LogP contribution in [0.15, 0.2) is 12.1 Å². The second kappa shape index (κ2) is 5.57. The minimum atomic E-state index is -0.0297. The van der Waals surface area contributed by atoms with Gasteiger partial charge in [-0.15, -0.1) is 0 Å². The molecule has 0 radical (unpaired) electrons. The molecule has 1 heterocycles. The number of nitrogens with two attached hydrogens (primary N) is 1. The third kappa shape index (κ3) is 2.93. The van der Waals surface area contributed by atoms with E-state index in [0.29, 0.717) is 11.6 Å². The number of hydrogen-bond donors (Lipinski definition) is 1. The summed E-state index contributed by atoms with van der Waals surface area (Å²) in [6, 6.07) is 3.48. The molecular weight excluding hydrogens is 250 g/mol. The number of nitrogens with zero attached hydrogens (tertiary/aromatic N) is 2. The lowest BCUT2D eigenvalue weighted by molar-refractivity contribution is 0.0696. The molecule has 1 aliphatic rings. The van der Waals surface area contributed by atoms with Crippen LogP contribution in [0, 0.1) is 0 Å². The van der Waals surface area contributed by atoms with Crippen molar-refractivity contribution >= 4 is 23.3 Å². The largest absolute Gasteiger partial charge is 0.384 e. The van der Waals surface area contributed by atoms with E-state index < -0.39 is 0 Å². The zero-order chi connectivity index (χ0) is 13.1. The number of pyridine rings is 1. The fourth-order valence-electron chi connectivity index (χ4n) is 2.48. The van der Waals surface area contributed by atoms with Gasteiger partial charge in [-0.05, 0) is 25.0 Å². The molecule has 0 spiro atoms. The van der Waals surface area contributed by atoms with Crippen molar-refractivity contribution in [3.8, 4) is 0 Å². The Labute approximate surface area is 112 Å². The molecule has 0 saturated heterocycles. The van der Waals surface area contributed by atoms with Crippen LogP contribution in [-0.2, 0) is 0 Å². The lowest BCUT2D eigenvalue weighted by atomic mass is 9.94. The van der Waals surface area contributed by atoms with Crippen LogP contribution in [0.3, 0.4) is 0 Å². The van der Waals surface area contributed by atoms with Crippen molar-refractivity contribution in [2.45, 2.75) is 38.1 Å². The molecule has 0 atom stereocenters. The maximum atomic E-state index is 12.3. The Morgan fingerprint density at radius 1 is 1.39 bits per heavy atom. The summed E-state index contributed by atoms with van der Waals surface area (Å²) >= 11 is 5.82. The molecule has 2 N–H and O–H groups in total. The third-order valence-electron chi connectivity index (χ3n) is 3.50. The van der Waals surface area contributed by atoms with Gasteiger partial charge in [-0.1, -0.05) is 30.9 Å². The number of aromatic nitrogens is 1. The molecule has 1 aromatic rings. The number of amides is 1. The molecular formula is C13H18ClN3O. The van der Waals surface area contributed by atoms with Gasteiger partial charge in [0.2, 0.25) is 0 Å². The number of hydrogen-bond acceptors (Lipinski definition) is 3. The van der Waals surface area contributed by atoms with Crippen LogP contribution < -0.4 is 5.73 Å². The van der Waals surface area contributed by atoms with Gasteiger partial charge in [-0.3, -0.25) is 4.79 Å². The van der Waals surface area contributed by atoms with Crippen molar-refractivity contribution in [3.05, 3.63) is 22.8 Å². The molecule has 0 aliphatic heterocycles. The molecule has 5 heteroatoms. The summed E-state index contributed by atoms with van der Waals surface area (Å²) in [5, 5.41) is 0.260. The Morgan fingerprint density at radius 2 is 2.06 bits per heavy atom. The van der Waals surface area contributed by atoms with Crippen molar-refractivity contribution in [2.75, 3.05) is 12.8 Å². The fraction of sp³-hybridized carbons (Fsp3) is 0.538. The highest BCUT2D eigenvalue weighted by molar-refractivity contribution is 6.29. The third-order valence-corrected chi connectivity index (χ3v) is 3.70. The molecule has 1 aromatic heterocycles. The first-order valence-electron chi connectivity index (χ1n) is 6.28. The molecule has 1 amide bonds. The van der Waals surface area contributed by atoms with Crippen LogP contribution in [0.2, 0.25) is 5.15 Å². The highest BCUT2D eigenvalue weighted by Gasteiger charge is 2.23. The van der Waals surface area contributed by atoms with Crippen LogP contribution in [0.5, 0.6) is 0 Å². The van der Waals surface area contributed by atoms with Crippen LogP contribution in [0.1, 0.15) is 42.5 Å². The summed E-state index contributed by atoms with van der Waals surface area (Å²) in [7, 11) is 1.85. The van der Waals surface area contributed by atoms with Gasteiger partial charge in [-0.25, -0.2) is 4.98 Å².